The number of amides is 3. The Morgan fingerprint density at radius 1 is 1.18 bits per heavy atom. The van der Waals surface area contributed by atoms with Gasteiger partial charge in [-0.25, -0.2) is 9.78 Å². The Morgan fingerprint density at radius 2 is 1.97 bits per heavy atom. The average Bonchev–Trinajstić information content (AvgIpc) is 3.38. The third-order valence-corrected chi connectivity index (χ3v) is 8.69. The molecule has 2 aromatic heterocycles. The van der Waals surface area contributed by atoms with Gasteiger partial charge in [0.15, 0.2) is 5.16 Å². The number of carbonyl (C=O) groups excluding carboxylic acids is 2. The van der Waals surface area contributed by atoms with E-state index in [1.807, 2.05) is 32.0 Å². The number of aromatic nitrogens is 2. The first kappa shape index (κ1) is 22.2. The first-order valence-corrected chi connectivity index (χ1v) is 13.0. The summed E-state index contributed by atoms with van der Waals surface area (Å²) in [5, 5.41) is 3.30. The fourth-order valence-corrected chi connectivity index (χ4v) is 6.76. The standard InChI is InChI=1S/C24H26N4O3S2/c1-13-8-9-16(12-14(13)2)28-22(30)19-17-6-4-5-7-18(17)33-20(19)26-24(28)32-15(3)21(29)27-11-10-25-23(27)31/h8-9,12,15H,4-7,10-11H2,1-3H3,(H,25,31). The molecule has 7 nitrogen and oxygen atoms in total. The Morgan fingerprint density at radius 3 is 2.70 bits per heavy atom. The van der Waals surface area contributed by atoms with Crippen molar-refractivity contribution in [1.29, 1.82) is 0 Å². The van der Waals surface area contributed by atoms with Crippen molar-refractivity contribution in [3.8, 4) is 5.69 Å². The summed E-state index contributed by atoms with van der Waals surface area (Å²) in [7, 11) is 0. The van der Waals surface area contributed by atoms with Crippen LogP contribution in [-0.2, 0) is 17.6 Å². The van der Waals surface area contributed by atoms with Crippen LogP contribution >= 0.6 is 23.1 Å². The zero-order valence-electron chi connectivity index (χ0n) is 18.9. The fraction of sp³-hybridized carbons (Fsp3) is 0.417. The number of urea groups is 1. The van der Waals surface area contributed by atoms with Gasteiger partial charge in [-0.15, -0.1) is 11.3 Å². The molecule has 1 N–H and O–H groups in total. The molecular weight excluding hydrogens is 456 g/mol. The molecule has 3 aromatic rings. The van der Waals surface area contributed by atoms with Gasteiger partial charge in [0.1, 0.15) is 4.83 Å². The van der Waals surface area contributed by atoms with Gasteiger partial charge in [0.25, 0.3) is 5.56 Å². The lowest BCUT2D eigenvalue weighted by atomic mass is 9.97. The Balaban J connectivity index is 1.64. The monoisotopic (exact) mass is 482 g/mol. The molecule has 0 saturated carbocycles. The van der Waals surface area contributed by atoms with Gasteiger partial charge >= 0.3 is 6.03 Å². The molecule has 5 rings (SSSR count). The highest BCUT2D eigenvalue weighted by molar-refractivity contribution is 8.00. The summed E-state index contributed by atoms with van der Waals surface area (Å²) in [5.74, 6) is -0.276. The van der Waals surface area contributed by atoms with Crippen molar-refractivity contribution in [2.75, 3.05) is 13.1 Å². The number of hydrogen-bond acceptors (Lipinski definition) is 6. The predicted octanol–water partition coefficient (Wildman–Crippen LogP) is 3.98. The van der Waals surface area contributed by atoms with E-state index in [4.69, 9.17) is 4.98 Å². The molecule has 1 aromatic carbocycles. The van der Waals surface area contributed by atoms with E-state index in [0.717, 1.165) is 58.3 Å². The van der Waals surface area contributed by atoms with Crippen molar-refractivity contribution in [3.63, 3.8) is 0 Å². The molecule has 2 aliphatic rings. The van der Waals surface area contributed by atoms with E-state index in [1.165, 1.54) is 21.5 Å². The second-order valence-corrected chi connectivity index (χ2v) is 11.1. The number of thiophene rings is 1. The van der Waals surface area contributed by atoms with E-state index in [0.29, 0.717) is 18.2 Å². The second kappa shape index (κ2) is 8.61. The molecule has 1 atom stereocenters. The summed E-state index contributed by atoms with van der Waals surface area (Å²) < 4.78 is 1.65. The third kappa shape index (κ3) is 3.87. The van der Waals surface area contributed by atoms with Crippen LogP contribution in [0.15, 0.2) is 28.2 Å². The highest BCUT2D eigenvalue weighted by Gasteiger charge is 2.32. The van der Waals surface area contributed by atoms with Crippen molar-refractivity contribution >= 4 is 45.3 Å². The van der Waals surface area contributed by atoms with Gasteiger partial charge in [0, 0.05) is 18.0 Å². The molecule has 0 radical (unpaired) electrons. The summed E-state index contributed by atoms with van der Waals surface area (Å²) in [4.78, 5) is 47.0. The van der Waals surface area contributed by atoms with E-state index < -0.39 is 5.25 Å². The fourth-order valence-electron chi connectivity index (χ4n) is 4.47. The van der Waals surface area contributed by atoms with Gasteiger partial charge in [-0.3, -0.25) is 19.1 Å². The quantitative estimate of drug-likeness (QED) is 0.449. The van der Waals surface area contributed by atoms with Crippen LogP contribution in [0, 0.1) is 13.8 Å². The van der Waals surface area contributed by atoms with Crippen molar-refractivity contribution in [2.24, 2.45) is 0 Å². The van der Waals surface area contributed by atoms with Crippen LogP contribution in [0.4, 0.5) is 4.79 Å². The number of benzene rings is 1. The largest absolute Gasteiger partial charge is 0.336 e. The predicted molar refractivity (Wildman–Crippen MR) is 132 cm³/mol. The number of hydrogen-bond donors (Lipinski definition) is 1. The summed E-state index contributed by atoms with van der Waals surface area (Å²) in [5.41, 5.74) is 4.04. The molecule has 172 valence electrons. The van der Waals surface area contributed by atoms with Gasteiger partial charge in [-0.05, 0) is 75.3 Å². The van der Waals surface area contributed by atoms with E-state index >= 15 is 0 Å². The van der Waals surface area contributed by atoms with E-state index in [9.17, 15) is 14.4 Å². The van der Waals surface area contributed by atoms with E-state index in [-0.39, 0.29) is 17.5 Å². The maximum absolute atomic E-state index is 13.9. The molecular formula is C24H26N4O3S2. The summed E-state index contributed by atoms with van der Waals surface area (Å²) >= 11 is 2.84. The number of nitrogens with zero attached hydrogens (tertiary/aromatic N) is 3. The topological polar surface area (TPSA) is 84.3 Å². The van der Waals surface area contributed by atoms with Crippen molar-refractivity contribution < 1.29 is 9.59 Å². The lowest BCUT2D eigenvalue weighted by molar-refractivity contribution is -0.126. The average molecular weight is 483 g/mol. The van der Waals surface area contributed by atoms with Crippen LogP contribution < -0.4 is 10.9 Å². The van der Waals surface area contributed by atoms with Gasteiger partial charge < -0.3 is 5.32 Å². The molecule has 1 fully saturated rings. The van der Waals surface area contributed by atoms with Gasteiger partial charge in [0.05, 0.1) is 16.3 Å². The van der Waals surface area contributed by atoms with Crippen LogP contribution in [0.3, 0.4) is 0 Å². The van der Waals surface area contributed by atoms with Gasteiger partial charge in [-0.1, -0.05) is 17.8 Å². The first-order chi connectivity index (χ1) is 15.8. The van der Waals surface area contributed by atoms with Crippen LogP contribution in [0.25, 0.3) is 15.9 Å². The lowest BCUT2D eigenvalue weighted by Crippen LogP contribution is -2.39. The summed E-state index contributed by atoms with van der Waals surface area (Å²) in [6, 6.07) is 5.56. The first-order valence-electron chi connectivity index (χ1n) is 11.3. The number of imide groups is 1. The minimum Gasteiger partial charge on any atom is -0.336 e. The van der Waals surface area contributed by atoms with Gasteiger partial charge in [-0.2, -0.15) is 0 Å². The van der Waals surface area contributed by atoms with Crippen LogP contribution in [0.1, 0.15) is 41.3 Å². The number of thioether (sulfide) groups is 1. The van der Waals surface area contributed by atoms with Crippen LogP contribution in [0.2, 0.25) is 0 Å². The van der Waals surface area contributed by atoms with Crippen molar-refractivity contribution in [2.45, 2.75) is 56.9 Å². The number of fused-ring (bicyclic) bond motifs is 3. The maximum Gasteiger partial charge on any atom is 0.324 e. The molecule has 3 amide bonds. The molecule has 1 aliphatic carbocycles. The highest BCUT2D eigenvalue weighted by atomic mass is 32.2. The summed E-state index contributed by atoms with van der Waals surface area (Å²) in [6.45, 7) is 6.64. The number of rotatable bonds is 4. The molecule has 3 heterocycles. The Hall–Kier alpha value is -2.65. The number of aryl methyl sites for hydroxylation is 4. The van der Waals surface area contributed by atoms with E-state index in [1.54, 1.807) is 22.8 Å². The highest BCUT2D eigenvalue weighted by Crippen LogP contribution is 2.36. The van der Waals surface area contributed by atoms with Crippen molar-refractivity contribution in [1.82, 2.24) is 19.8 Å². The molecule has 0 spiro atoms. The minimum atomic E-state index is -0.564. The smallest absolute Gasteiger partial charge is 0.324 e. The second-order valence-electron chi connectivity index (χ2n) is 8.68. The summed E-state index contributed by atoms with van der Waals surface area (Å²) in [6.07, 6.45) is 4.11. The molecule has 1 saturated heterocycles. The van der Waals surface area contributed by atoms with E-state index in [2.05, 4.69) is 5.32 Å². The molecule has 1 unspecified atom stereocenters. The Kier molecular flexibility index (Phi) is 5.78. The van der Waals surface area contributed by atoms with Crippen molar-refractivity contribution in [3.05, 3.63) is 50.1 Å². The minimum absolute atomic E-state index is 0.0799. The number of carbonyl (C=O) groups is 2. The molecule has 1 aliphatic heterocycles. The molecule has 0 bridgehead atoms. The zero-order valence-corrected chi connectivity index (χ0v) is 20.6. The maximum atomic E-state index is 13.9. The number of nitrogens with one attached hydrogen (secondary N) is 1. The normalized spacial score (nSPS) is 16.7. The SMILES string of the molecule is Cc1ccc(-n2c(SC(C)C(=O)N3CCNC3=O)nc3sc4c(c3c2=O)CCCC4)cc1C. The lowest BCUT2D eigenvalue weighted by Gasteiger charge is -2.19. The zero-order chi connectivity index (χ0) is 23.3. The third-order valence-electron chi connectivity index (χ3n) is 6.46. The van der Waals surface area contributed by atoms with Gasteiger partial charge in [0.2, 0.25) is 5.91 Å². The Bertz CT molecular complexity index is 1340. The molecule has 9 heteroatoms. The Labute approximate surface area is 200 Å². The van der Waals surface area contributed by atoms with Crippen LogP contribution in [0.5, 0.6) is 0 Å². The van der Waals surface area contributed by atoms with Crippen LogP contribution in [-0.4, -0.2) is 44.7 Å². The molecule has 33 heavy (non-hydrogen) atoms.